The maximum Gasteiger partial charge on any atom is 0.132 e. The van der Waals surface area contributed by atoms with Gasteiger partial charge in [0.25, 0.3) is 0 Å². The van der Waals surface area contributed by atoms with Gasteiger partial charge in [-0.3, -0.25) is 5.84 Å². The summed E-state index contributed by atoms with van der Waals surface area (Å²) in [5, 5.41) is 0. The van der Waals surface area contributed by atoms with Crippen LogP contribution in [-0.2, 0) is 0 Å². The largest absolute Gasteiger partial charge is 0.497 e. The number of hydrazine groups is 1. The van der Waals surface area contributed by atoms with Crippen molar-refractivity contribution < 1.29 is 9.13 Å². The van der Waals surface area contributed by atoms with E-state index in [4.69, 9.17) is 16.3 Å². The quantitative estimate of drug-likeness (QED) is 0.455. The number of benzene rings is 2. The molecule has 0 aliphatic carbocycles. The van der Waals surface area contributed by atoms with Crippen LogP contribution in [0.4, 0.5) is 10.1 Å². The Bertz CT molecular complexity index is 621. The van der Waals surface area contributed by atoms with Crippen LogP contribution in [0.3, 0.4) is 0 Å². The second kappa shape index (κ2) is 6.21. The standard InChI is InChI=1S/C14H15BrFN3O/c1-20-9-3-4-10(12(16)7-9)14(19-18)11-6-8(15)2-5-13(11)17/h2-7,14,19H,17-18H2,1H3. The van der Waals surface area contributed by atoms with Gasteiger partial charge < -0.3 is 10.5 Å². The maximum absolute atomic E-state index is 14.2. The summed E-state index contributed by atoms with van der Waals surface area (Å²) < 4.78 is 20.0. The molecular weight excluding hydrogens is 325 g/mol. The zero-order valence-corrected chi connectivity index (χ0v) is 12.4. The molecule has 0 bridgehead atoms. The molecule has 0 aromatic heterocycles. The Morgan fingerprint density at radius 3 is 2.55 bits per heavy atom. The molecule has 0 spiro atoms. The molecular formula is C14H15BrFN3O. The van der Waals surface area contributed by atoms with E-state index >= 15 is 0 Å². The second-order valence-electron chi connectivity index (χ2n) is 4.26. The summed E-state index contributed by atoms with van der Waals surface area (Å²) in [5.41, 5.74) is 10.2. The van der Waals surface area contributed by atoms with Gasteiger partial charge in [-0.15, -0.1) is 0 Å². The van der Waals surface area contributed by atoms with Gasteiger partial charge >= 0.3 is 0 Å². The number of halogens is 2. The van der Waals surface area contributed by atoms with Gasteiger partial charge in [0.2, 0.25) is 0 Å². The number of rotatable bonds is 4. The first-order valence-corrected chi connectivity index (χ1v) is 6.70. The Morgan fingerprint density at radius 2 is 1.95 bits per heavy atom. The lowest BCUT2D eigenvalue weighted by molar-refractivity contribution is 0.410. The summed E-state index contributed by atoms with van der Waals surface area (Å²) in [5.74, 6) is 5.61. The highest BCUT2D eigenvalue weighted by molar-refractivity contribution is 9.10. The Hall–Kier alpha value is -1.63. The van der Waals surface area contributed by atoms with Crippen LogP contribution in [-0.4, -0.2) is 7.11 Å². The number of nitrogens with two attached hydrogens (primary N) is 2. The highest BCUT2D eigenvalue weighted by atomic mass is 79.9. The van der Waals surface area contributed by atoms with Crippen molar-refractivity contribution in [2.45, 2.75) is 6.04 Å². The van der Waals surface area contributed by atoms with E-state index in [0.717, 1.165) is 4.47 Å². The fraction of sp³-hybridized carbons (Fsp3) is 0.143. The molecule has 6 heteroatoms. The minimum atomic E-state index is -0.543. The first-order valence-electron chi connectivity index (χ1n) is 5.91. The molecule has 2 aromatic rings. The monoisotopic (exact) mass is 339 g/mol. The van der Waals surface area contributed by atoms with E-state index in [-0.39, 0.29) is 0 Å². The van der Waals surface area contributed by atoms with Crippen molar-refractivity contribution in [3.05, 3.63) is 57.8 Å². The van der Waals surface area contributed by atoms with Crippen molar-refractivity contribution in [1.82, 2.24) is 5.43 Å². The first kappa shape index (κ1) is 14.8. The molecule has 0 saturated heterocycles. The molecule has 5 N–H and O–H groups in total. The van der Waals surface area contributed by atoms with Crippen LogP contribution in [0.25, 0.3) is 0 Å². The lowest BCUT2D eigenvalue weighted by Gasteiger charge is -2.20. The summed E-state index contributed by atoms with van der Waals surface area (Å²) in [6, 6.07) is 9.44. The molecule has 0 fully saturated rings. The summed E-state index contributed by atoms with van der Waals surface area (Å²) in [6.07, 6.45) is 0. The summed E-state index contributed by atoms with van der Waals surface area (Å²) >= 11 is 3.37. The third-order valence-electron chi connectivity index (χ3n) is 3.05. The number of anilines is 1. The summed E-state index contributed by atoms with van der Waals surface area (Å²) in [4.78, 5) is 0. The average molecular weight is 340 g/mol. The highest BCUT2D eigenvalue weighted by Gasteiger charge is 2.19. The molecule has 2 rings (SSSR count). The normalized spacial score (nSPS) is 12.2. The number of nitrogens with one attached hydrogen (secondary N) is 1. The van der Waals surface area contributed by atoms with E-state index in [1.165, 1.54) is 13.2 Å². The Kier molecular flexibility index (Phi) is 4.59. The van der Waals surface area contributed by atoms with Gasteiger partial charge in [-0.2, -0.15) is 0 Å². The van der Waals surface area contributed by atoms with Gasteiger partial charge in [0.15, 0.2) is 0 Å². The van der Waals surface area contributed by atoms with Gasteiger partial charge in [0.1, 0.15) is 11.6 Å². The van der Waals surface area contributed by atoms with Crippen molar-refractivity contribution in [3.8, 4) is 5.75 Å². The van der Waals surface area contributed by atoms with Crippen molar-refractivity contribution in [3.63, 3.8) is 0 Å². The van der Waals surface area contributed by atoms with Crippen molar-refractivity contribution in [2.24, 2.45) is 5.84 Å². The average Bonchev–Trinajstić information content (AvgIpc) is 2.44. The van der Waals surface area contributed by atoms with Crippen LogP contribution < -0.4 is 21.7 Å². The third-order valence-corrected chi connectivity index (χ3v) is 3.54. The first-order chi connectivity index (χ1) is 9.56. The predicted octanol–water partition coefficient (Wildman–Crippen LogP) is 2.73. The van der Waals surface area contributed by atoms with Gasteiger partial charge in [0, 0.05) is 21.8 Å². The lowest BCUT2D eigenvalue weighted by atomic mass is 9.97. The van der Waals surface area contributed by atoms with E-state index in [2.05, 4.69) is 21.4 Å². The molecule has 0 radical (unpaired) electrons. The van der Waals surface area contributed by atoms with E-state index in [9.17, 15) is 4.39 Å². The van der Waals surface area contributed by atoms with Crippen molar-refractivity contribution in [2.75, 3.05) is 12.8 Å². The van der Waals surface area contributed by atoms with Crippen LogP contribution >= 0.6 is 15.9 Å². The van der Waals surface area contributed by atoms with Crippen molar-refractivity contribution in [1.29, 1.82) is 0 Å². The molecule has 0 saturated carbocycles. The second-order valence-corrected chi connectivity index (χ2v) is 5.18. The molecule has 0 aliphatic heterocycles. The molecule has 1 atom stereocenters. The Labute approximate surface area is 125 Å². The molecule has 4 nitrogen and oxygen atoms in total. The van der Waals surface area contributed by atoms with E-state index < -0.39 is 11.9 Å². The van der Waals surface area contributed by atoms with Gasteiger partial charge in [-0.05, 0) is 29.8 Å². The number of ether oxygens (including phenoxy) is 1. The molecule has 0 aliphatic rings. The van der Waals surface area contributed by atoms with Crippen LogP contribution in [0.2, 0.25) is 0 Å². The minimum absolute atomic E-state index is 0.401. The fourth-order valence-electron chi connectivity index (χ4n) is 2.01. The summed E-state index contributed by atoms with van der Waals surface area (Å²) in [7, 11) is 1.49. The maximum atomic E-state index is 14.2. The lowest BCUT2D eigenvalue weighted by Crippen LogP contribution is -2.30. The zero-order chi connectivity index (χ0) is 14.7. The van der Waals surface area contributed by atoms with Crippen LogP contribution in [0, 0.1) is 5.82 Å². The van der Waals surface area contributed by atoms with E-state index in [1.807, 2.05) is 12.1 Å². The number of hydrogen-bond donors (Lipinski definition) is 3. The zero-order valence-electron chi connectivity index (χ0n) is 10.9. The molecule has 0 heterocycles. The van der Waals surface area contributed by atoms with Gasteiger partial charge in [-0.25, -0.2) is 9.82 Å². The highest BCUT2D eigenvalue weighted by Crippen LogP contribution is 2.31. The Balaban J connectivity index is 2.49. The topological polar surface area (TPSA) is 73.3 Å². The van der Waals surface area contributed by atoms with Crippen molar-refractivity contribution >= 4 is 21.6 Å². The van der Waals surface area contributed by atoms with Crippen LogP contribution in [0.5, 0.6) is 5.75 Å². The molecule has 1 unspecified atom stereocenters. The Morgan fingerprint density at radius 1 is 1.20 bits per heavy atom. The predicted molar refractivity (Wildman–Crippen MR) is 80.7 cm³/mol. The number of nitrogen functional groups attached to an aromatic ring is 1. The van der Waals surface area contributed by atoms with Gasteiger partial charge in [0.05, 0.1) is 13.2 Å². The molecule has 106 valence electrons. The van der Waals surface area contributed by atoms with E-state index in [0.29, 0.717) is 22.6 Å². The number of methoxy groups -OCH3 is 1. The number of hydrogen-bond acceptors (Lipinski definition) is 4. The smallest absolute Gasteiger partial charge is 0.132 e. The molecule has 0 amide bonds. The van der Waals surface area contributed by atoms with Gasteiger partial charge in [-0.1, -0.05) is 22.0 Å². The van der Waals surface area contributed by atoms with E-state index in [1.54, 1.807) is 18.2 Å². The molecule has 2 aromatic carbocycles. The fourth-order valence-corrected chi connectivity index (χ4v) is 2.39. The SMILES string of the molecule is COc1ccc(C(NN)c2cc(Br)ccc2N)c(F)c1. The third kappa shape index (κ3) is 2.92. The summed E-state index contributed by atoms with van der Waals surface area (Å²) in [6.45, 7) is 0. The molecule has 20 heavy (non-hydrogen) atoms. The van der Waals surface area contributed by atoms with Crippen LogP contribution in [0.15, 0.2) is 40.9 Å². The minimum Gasteiger partial charge on any atom is -0.497 e. The van der Waals surface area contributed by atoms with Crippen LogP contribution in [0.1, 0.15) is 17.2 Å².